The maximum Gasteiger partial charge on any atom is 0.128 e. The summed E-state index contributed by atoms with van der Waals surface area (Å²) in [5, 5.41) is 14.3. The number of nitrogens with zero attached hydrogens (tertiary/aromatic N) is 2. The van der Waals surface area contributed by atoms with Crippen molar-refractivity contribution in [1.29, 1.82) is 0 Å². The lowest BCUT2D eigenvalue weighted by Gasteiger charge is -2.05. The molecule has 0 fully saturated rings. The Morgan fingerprint density at radius 1 is 1.33 bits per heavy atom. The van der Waals surface area contributed by atoms with Gasteiger partial charge in [0.1, 0.15) is 5.75 Å². The van der Waals surface area contributed by atoms with Crippen LogP contribution >= 0.6 is 0 Å². The molecular weight excluding hydrogens is 188 g/mol. The molecule has 0 spiro atoms. The monoisotopic (exact) mass is 202 g/mol. The van der Waals surface area contributed by atoms with E-state index >= 15 is 0 Å². The van der Waals surface area contributed by atoms with E-state index in [1.165, 1.54) is 0 Å². The van der Waals surface area contributed by atoms with Crippen molar-refractivity contribution in [1.82, 2.24) is 9.78 Å². The van der Waals surface area contributed by atoms with Gasteiger partial charge < -0.3 is 5.11 Å². The molecule has 1 aromatic heterocycles. The second-order valence-corrected chi connectivity index (χ2v) is 3.54. The van der Waals surface area contributed by atoms with E-state index in [-0.39, 0.29) is 0 Å². The first-order valence-electron chi connectivity index (χ1n) is 5.03. The van der Waals surface area contributed by atoms with Crippen LogP contribution in [-0.4, -0.2) is 14.9 Å². The maximum absolute atomic E-state index is 10.0. The van der Waals surface area contributed by atoms with E-state index in [2.05, 4.69) is 5.10 Å². The van der Waals surface area contributed by atoms with Crippen molar-refractivity contribution in [2.45, 2.75) is 13.3 Å². The van der Waals surface area contributed by atoms with Crippen LogP contribution in [-0.2, 0) is 13.5 Å². The Kier molecular flexibility index (Phi) is 2.46. The average molecular weight is 202 g/mol. The van der Waals surface area contributed by atoms with E-state index < -0.39 is 0 Å². The molecule has 0 amide bonds. The Bertz CT molecular complexity index is 474. The summed E-state index contributed by atoms with van der Waals surface area (Å²) in [5.74, 6) is 0.346. The Morgan fingerprint density at radius 3 is 2.73 bits per heavy atom. The third kappa shape index (κ3) is 1.73. The minimum absolute atomic E-state index is 0.346. The first kappa shape index (κ1) is 9.77. The van der Waals surface area contributed by atoms with Gasteiger partial charge >= 0.3 is 0 Å². The molecule has 0 aliphatic carbocycles. The zero-order valence-corrected chi connectivity index (χ0v) is 8.94. The minimum Gasteiger partial charge on any atom is -0.507 e. The molecule has 0 saturated heterocycles. The van der Waals surface area contributed by atoms with Crippen molar-refractivity contribution in [3.63, 3.8) is 0 Å². The molecule has 0 aliphatic heterocycles. The lowest BCUT2D eigenvalue weighted by molar-refractivity contribution is 0.470. The van der Waals surface area contributed by atoms with E-state index in [0.29, 0.717) is 5.75 Å². The standard InChI is InChI=1S/C12H14N2O/c1-3-9-5-4-6-10(12(9)15)11-7-8-14(2)13-11/h4-8,15H,3H2,1-2H3. The van der Waals surface area contributed by atoms with Crippen LogP contribution in [0.25, 0.3) is 11.3 Å². The Hall–Kier alpha value is -1.77. The van der Waals surface area contributed by atoms with Crippen LogP contribution in [0.1, 0.15) is 12.5 Å². The topological polar surface area (TPSA) is 38.0 Å². The molecule has 1 heterocycles. The third-order valence-electron chi connectivity index (χ3n) is 2.49. The molecule has 0 bridgehead atoms. The molecule has 0 saturated carbocycles. The highest BCUT2D eigenvalue weighted by molar-refractivity contribution is 5.68. The van der Waals surface area contributed by atoms with Gasteiger partial charge in [0, 0.05) is 18.8 Å². The fraction of sp³-hybridized carbons (Fsp3) is 0.250. The van der Waals surface area contributed by atoms with Crippen LogP contribution in [0.2, 0.25) is 0 Å². The summed E-state index contributed by atoms with van der Waals surface area (Å²) in [6.45, 7) is 2.03. The fourth-order valence-corrected chi connectivity index (χ4v) is 1.64. The van der Waals surface area contributed by atoms with Crippen LogP contribution in [0.15, 0.2) is 30.5 Å². The van der Waals surface area contributed by atoms with Gasteiger partial charge in [0.15, 0.2) is 0 Å². The summed E-state index contributed by atoms with van der Waals surface area (Å²) < 4.78 is 1.73. The Morgan fingerprint density at radius 2 is 2.13 bits per heavy atom. The summed E-state index contributed by atoms with van der Waals surface area (Å²) in [6, 6.07) is 7.66. The van der Waals surface area contributed by atoms with E-state index in [1.54, 1.807) is 4.68 Å². The van der Waals surface area contributed by atoms with Gasteiger partial charge in [0.25, 0.3) is 0 Å². The van der Waals surface area contributed by atoms with E-state index in [9.17, 15) is 5.11 Å². The van der Waals surface area contributed by atoms with Crippen LogP contribution in [0.4, 0.5) is 0 Å². The zero-order valence-electron chi connectivity index (χ0n) is 8.94. The molecule has 15 heavy (non-hydrogen) atoms. The second-order valence-electron chi connectivity index (χ2n) is 3.54. The van der Waals surface area contributed by atoms with Crippen molar-refractivity contribution in [3.8, 4) is 17.0 Å². The number of aryl methyl sites for hydroxylation is 2. The smallest absolute Gasteiger partial charge is 0.128 e. The average Bonchev–Trinajstić information content (AvgIpc) is 2.65. The van der Waals surface area contributed by atoms with E-state index in [1.807, 2.05) is 44.4 Å². The van der Waals surface area contributed by atoms with Gasteiger partial charge in [-0.3, -0.25) is 4.68 Å². The fourth-order valence-electron chi connectivity index (χ4n) is 1.64. The highest BCUT2D eigenvalue weighted by Gasteiger charge is 2.09. The summed E-state index contributed by atoms with van der Waals surface area (Å²) in [7, 11) is 1.87. The quantitative estimate of drug-likeness (QED) is 0.811. The predicted octanol–water partition coefficient (Wildman–Crippen LogP) is 2.36. The molecule has 3 heteroatoms. The molecule has 1 aromatic carbocycles. The molecule has 78 valence electrons. The van der Waals surface area contributed by atoms with E-state index in [0.717, 1.165) is 23.2 Å². The summed E-state index contributed by atoms with van der Waals surface area (Å²) in [5.41, 5.74) is 2.57. The van der Waals surface area contributed by atoms with Crippen LogP contribution in [0, 0.1) is 0 Å². The number of phenolic OH excluding ortho intramolecular Hbond substituents is 1. The van der Waals surface area contributed by atoms with Gasteiger partial charge in [-0.2, -0.15) is 5.10 Å². The molecule has 2 rings (SSSR count). The van der Waals surface area contributed by atoms with Crippen molar-refractivity contribution in [2.75, 3.05) is 0 Å². The summed E-state index contributed by atoms with van der Waals surface area (Å²) in [4.78, 5) is 0. The largest absolute Gasteiger partial charge is 0.507 e. The molecular formula is C12H14N2O. The van der Waals surface area contributed by atoms with Gasteiger partial charge in [-0.15, -0.1) is 0 Å². The van der Waals surface area contributed by atoms with Gasteiger partial charge in [-0.1, -0.05) is 19.1 Å². The molecule has 0 radical (unpaired) electrons. The number of hydrogen-bond donors (Lipinski definition) is 1. The lowest BCUT2D eigenvalue weighted by atomic mass is 10.0. The summed E-state index contributed by atoms with van der Waals surface area (Å²) >= 11 is 0. The first-order chi connectivity index (χ1) is 7.22. The maximum atomic E-state index is 10.0. The highest BCUT2D eigenvalue weighted by Crippen LogP contribution is 2.30. The van der Waals surface area contributed by atoms with E-state index in [4.69, 9.17) is 0 Å². The number of phenols is 1. The number of benzene rings is 1. The molecule has 0 aliphatic rings. The number of para-hydroxylation sites is 1. The van der Waals surface area contributed by atoms with Crippen LogP contribution in [0.3, 0.4) is 0 Å². The van der Waals surface area contributed by atoms with Gasteiger partial charge in [-0.05, 0) is 24.1 Å². The third-order valence-corrected chi connectivity index (χ3v) is 2.49. The van der Waals surface area contributed by atoms with Gasteiger partial charge in [0.05, 0.1) is 5.69 Å². The Labute approximate surface area is 89.0 Å². The van der Waals surface area contributed by atoms with Gasteiger partial charge in [0.2, 0.25) is 0 Å². The molecule has 0 unspecified atom stereocenters. The van der Waals surface area contributed by atoms with Crippen molar-refractivity contribution < 1.29 is 5.11 Å². The van der Waals surface area contributed by atoms with Crippen molar-refractivity contribution >= 4 is 0 Å². The number of aromatic nitrogens is 2. The normalized spacial score (nSPS) is 10.5. The number of rotatable bonds is 2. The molecule has 1 N–H and O–H groups in total. The van der Waals surface area contributed by atoms with Crippen LogP contribution in [0.5, 0.6) is 5.75 Å². The highest BCUT2D eigenvalue weighted by atomic mass is 16.3. The van der Waals surface area contributed by atoms with Crippen molar-refractivity contribution in [2.24, 2.45) is 7.05 Å². The van der Waals surface area contributed by atoms with Crippen molar-refractivity contribution in [3.05, 3.63) is 36.0 Å². The molecule has 0 atom stereocenters. The zero-order chi connectivity index (χ0) is 10.8. The second kappa shape index (κ2) is 3.77. The SMILES string of the molecule is CCc1cccc(-c2ccn(C)n2)c1O. The first-order valence-corrected chi connectivity index (χ1v) is 5.03. The predicted molar refractivity (Wildman–Crippen MR) is 59.7 cm³/mol. The number of hydrogen-bond acceptors (Lipinski definition) is 2. The number of aromatic hydroxyl groups is 1. The minimum atomic E-state index is 0.346. The lowest BCUT2D eigenvalue weighted by Crippen LogP contribution is -1.89. The molecule has 3 nitrogen and oxygen atoms in total. The van der Waals surface area contributed by atoms with Gasteiger partial charge in [-0.25, -0.2) is 0 Å². The summed E-state index contributed by atoms with van der Waals surface area (Å²) in [6.07, 6.45) is 2.69. The molecule has 2 aromatic rings. The van der Waals surface area contributed by atoms with Crippen LogP contribution < -0.4 is 0 Å². The Balaban J connectivity index is 2.53.